The Morgan fingerprint density at radius 3 is 2.56 bits per heavy atom. The monoisotopic (exact) mass is 236 g/mol. The summed E-state index contributed by atoms with van der Waals surface area (Å²) >= 11 is 5.16. The van der Waals surface area contributed by atoms with E-state index in [1.165, 1.54) is 12.1 Å². The predicted molar refractivity (Wildman–Crippen MR) is 64.5 cm³/mol. The van der Waals surface area contributed by atoms with Crippen LogP contribution in [0.25, 0.3) is 0 Å². The molecule has 1 aromatic heterocycles. The molecule has 1 heterocycles. The third-order valence-corrected chi connectivity index (χ3v) is 2.81. The van der Waals surface area contributed by atoms with Gasteiger partial charge < -0.3 is 9.55 Å². The largest absolute Gasteiger partial charge is 0.335 e. The zero-order valence-electron chi connectivity index (χ0n) is 9.03. The van der Waals surface area contributed by atoms with Crippen molar-refractivity contribution >= 4 is 12.2 Å². The SMILES string of the molecule is Cc1cn(CCc2ccc(F)cc2)c(=S)[nH]1. The molecule has 84 valence electrons. The first-order valence-electron chi connectivity index (χ1n) is 5.15. The van der Waals surface area contributed by atoms with E-state index >= 15 is 0 Å². The highest BCUT2D eigenvalue weighted by Gasteiger charge is 1.98. The molecule has 0 radical (unpaired) electrons. The third-order valence-electron chi connectivity index (χ3n) is 2.47. The average molecular weight is 236 g/mol. The molecule has 0 atom stereocenters. The van der Waals surface area contributed by atoms with Crippen molar-refractivity contribution in [3.63, 3.8) is 0 Å². The summed E-state index contributed by atoms with van der Waals surface area (Å²) in [5, 5.41) is 0. The number of aromatic amines is 1. The number of benzene rings is 1. The van der Waals surface area contributed by atoms with Gasteiger partial charge in [0.25, 0.3) is 0 Å². The topological polar surface area (TPSA) is 20.7 Å². The summed E-state index contributed by atoms with van der Waals surface area (Å²) in [6.07, 6.45) is 2.84. The van der Waals surface area contributed by atoms with Crippen LogP contribution in [0.2, 0.25) is 0 Å². The first-order chi connectivity index (χ1) is 7.65. The molecule has 0 aliphatic rings. The van der Waals surface area contributed by atoms with E-state index in [0.29, 0.717) is 0 Å². The lowest BCUT2D eigenvalue weighted by atomic mass is 10.1. The summed E-state index contributed by atoms with van der Waals surface area (Å²) in [6.45, 7) is 2.79. The molecule has 2 nitrogen and oxygen atoms in total. The first kappa shape index (κ1) is 11.1. The second-order valence-corrected chi connectivity index (χ2v) is 4.20. The van der Waals surface area contributed by atoms with Crippen molar-refractivity contribution in [2.24, 2.45) is 0 Å². The maximum Gasteiger partial charge on any atom is 0.177 e. The van der Waals surface area contributed by atoms with Gasteiger partial charge in [0, 0.05) is 18.4 Å². The molecule has 0 bridgehead atoms. The van der Waals surface area contributed by atoms with Crippen molar-refractivity contribution in [2.45, 2.75) is 19.9 Å². The molecule has 1 aromatic carbocycles. The summed E-state index contributed by atoms with van der Waals surface area (Å²) in [6, 6.07) is 6.57. The molecule has 0 fully saturated rings. The maximum absolute atomic E-state index is 12.7. The Bertz CT molecular complexity index is 525. The quantitative estimate of drug-likeness (QED) is 0.811. The molecule has 0 spiro atoms. The lowest BCUT2D eigenvalue weighted by Crippen LogP contribution is -2.00. The Morgan fingerprint density at radius 1 is 1.31 bits per heavy atom. The van der Waals surface area contributed by atoms with Gasteiger partial charge in [-0.3, -0.25) is 0 Å². The highest BCUT2D eigenvalue weighted by atomic mass is 32.1. The van der Waals surface area contributed by atoms with Gasteiger partial charge in [-0.15, -0.1) is 0 Å². The zero-order chi connectivity index (χ0) is 11.5. The molecule has 16 heavy (non-hydrogen) atoms. The number of hydrogen-bond acceptors (Lipinski definition) is 1. The average Bonchev–Trinajstić information content (AvgIpc) is 2.57. The van der Waals surface area contributed by atoms with Crippen LogP contribution in [0, 0.1) is 17.5 Å². The number of halogens is 1. The van der Waals surface area contributed by atoms with Gasteiger partial charge in [-0.1, -0.05) is 12.1 Å². The number of rotatable bonds is 3. The van der Waals surface area contributed by atoms with E-state index in [-0.39, 0.29) is 5.82 Å². The zero-order valence-corrected chi connectivity index (χ0v) is 9.85. The minimum absolute atomic E-state index is 0.196. The van der Waals surface area contributed by atoms with Crippen LogP contribution in [-0.2, 0) is 13.0 Å². The minimum atomic E-state index is -0.196. The Balaban J connectivity index is 2.05. The van der Waals surface area contributed by atoms with E-state index in [2.05, 4.69) is 4.98 Å². The van der Waals surface area contributed by atoms with Gasteiger partial charge in [-0.05, 0) is 43.3 Å². The van der Waals surface area contributed by atoms with Crippen LogP contribution in [0.5, 0.6) is 0 Å². The van der Waals surface area contributed by atoms with E-state index in [1.54, 1.807) is 12.1 Å². The Hall–Kier alpha value is -1.42. The number of nitrogens with one attached hydrogen (secondary N) is 1. The fourth-order valence-corrected chi connectivity index (χ4v) is 1.94. The lowest BCUT2D eigenvalue weighted by molar-refractivity contribution is 0.625. The van der Waals surface area contributed by atoms with Crippen LogP contribution < -0.4 is 0 Å². The van der Waals surface area contributed by atoms with Crippen molar-refractivity contribution in [1.82, 2.24) is 9.55 Å². The van der Waals surface area contributed by atoms with Crippen molar-refractivity contribution in [1.29, 1.82) is 0 Å². The van der Waals surface area contributed by atoms with E-state index in [1.807, 2.05) is 17.7 Å². The third kappa shape index (κ3) is 2.58. The molecule has 0 saturated carbocycles. The standard InChI is InChI=1S/C12H13FN2S/c1-9-8-15(12(16)14-9)7-6-10-2-4-11(13)5-3-10/h2-5,8H,6-7H2,1H3,(H,14,16). The van der Waals surface area contributed by atoms with Gasteiger partial charge in [0.2, 0.25) is 0 Å². The summed E-state index contributed by atoms with van der Waals surface area (Å²) in [5.41, 5.74) is 2.17. The maximum atomic E-state index is 12.7. The fourth-order valence-electron chi connectivity index (χ4n) is 1.63. The van der Waals surface area contributed by atoms with Crippen molar-refractivity contribution in [3.8, 4) is 0 Å². The van der Waals surface area contributed by atoms with Gasteiger partial charge >= 0.3 is 0 Å². The van der Waals surface area contributed by atoms with E-state index in [9.17, 15) is 4.39 Å². The molecule has 2 rings (SSSR count). The summed E-state index contributed by atoms with van der Waals surface area (Å²) in [4.78, 5) is 3.07. The summed E-state index contributed by atoms with van der Waals surface area (Å²) in [5.74, 6) is -0.196. The van der Waals surface area contributed by atoms with Crippen LogP contribution in [-0.4, -0.2) is 9.55 Å². The van der Waals surface area contributed by atoms with Gasteiger partial charge in [-0.2, -0.15) is 0 Å². The van der Waals surface area contributed by atoms with Gasteiger partial charge in [-0.25, -0.2) is 4.39 Å². The first-order valence-corrected chi connectivity index (χ1v) is 5.56. The van der Waals surface area contributed by atoms with Crippen molar-refractivity contribution in [2.75, 3.05) is 0 Å². The summed E-state index contributed by atoms with van der Waals surface area (Å²) in [7, 11) is 0. The number of aryl methyl sites for hydroxylation is 3. The van der Waals surface area contributed by atoms with E-state index in [4.69, 9.17) is 12.2 Å². The second kappa shape index (κ2) is 4.61. The van der Waals surface area contributed by atoms with Crippen molar-refractivity contribution < 1.29 is 4.39 Å². The highest BCUT2D eigenvalue weighted by molar-refractivity contribution is 7.71. The number of H-pyrrole nitrogens is 1. The number of aromatic nitrogens is 2. The highest BCUT2D eigenvalue weighted by Crippen LogP contribution is 2.06. The van der Waals surface area contributed by atoms with Crippen LogP contribution in [0.4, 0.5) is 4.39 Å². The molecule has 2 aromatic rings. The smallest absolute Gasteiger partial charge is 0.177 e. The van der Waals surface area contributed by atoms with Crippen LogP contribution in [0.1, 0.15) is 11.3 Å². The van der Waals surface area contributed by atoms with E-state index in [0.717, 1.165) is 29.0 Å². The molecule has 0 saturated heterocycles. The predicted octanol–water partition coefficient (Wildman–Crippen LogP) is 3.24. The lowest BCUT2D eigenvalue weighted by Gasteiger charge is -2.02. The van der Waals surface area contributed by atoms with Crippen LogP contribution in [0.15, 0.2) is 30.5 Å². The van der Waals surface area contributed by atoms with Gasteiger partial charge in [0.1, 0.15) is 5.82 Å². The molecule has 0 amide bonds. The fraction of sp³-hybridized carbons (Fsp3) is 0.250. The molecular weight excluding hydrogens is 223 g/mol. The Kier molecular flexibility index (Phi) is 3.19. The minimum Gasteiger partial charge on any atom is -0.335 e. The number of nitrogens with zero attached hydrogens (tertiary/aromatic N) is 1. The molecule has 0 aliphatic carbocycles. The molecular formula is C12H13FN2S. The number of imidazole rings is 1. The van der Waals surface area contributed by atoms with Gasteiger partial charge in [0.05, 0.1) is 0 Å². The van der Waals surface area contributed by atoms with Crippen LogP contribution >= 0.6 is 12.2 Å². The molecule has 1 N–H and O–H groups in total. The number of hydrogen-bond donors (Lipinski definition) is 1. The Labute approximate surface area is 98.7 Å². The molecule has 0 aliphatic heterocycles. The summed E-state index contributed by atoms with van der Waals surface area (Å²) < 4.78 is 15.4. The van der Waals surface area contributed by atoms with E-state index < -0.39 is 0 Å². The van der Waals surface area contributed by atoms with Crippen LogP contribution in [0.3, 0.4) is 0 Å². The Morgan fingerprint density at radius 2 is 2.00 bits per heavy atom. The second-order valence-electron chi connectivity index (χ2n) is 3.81. The normalized spacial score (nSPS) is 10.6. The molecule has 0 unspecified atom stereocenters. The van der Waals surface area contributed by atoms with Gasteiger partial charge in [0.15, 0.2) is 4.77 Å². The van der Waals surface area contributed by atoms with Crippen molar-refractivity contribution in [3.05, 3.63) is 52.3 Å². The molecule has 4 heteroatoms.